The fourth-order valence-corrected chi connectivity index (χ4v) is 1.36. The number of hydrogen-bond acceptors (Lipinski definition) is 3. The lowest BCUT2D eigenvalue weighted by atomic mass is 9.98. The Bertz CT molecular complexity index is 332. The average Bonchev–Trinajstić information content (AvgIpc) is 2.17. The molecule has 0 aliphatic rings. The molecule has 3 N–H and O–H groups in total. The molecule has 1 aromatic rings. The Morgan fingerprint density at radius 2 is 1.93 bits per heavy atom. The maximum atomic E-state index is 11.4. The fourth-order valence-electron chi connectivity index (χ4n) is 1.15. The Morgan fingerprint density at radius 1 is 1.43 bits per heavy atom. The van der Waals surface area contributed by atoms with Gasteiger partial charge in [0.25, 0.3) is 5.91 Å². The number of aryl methyl sites for hydroxylation is 1. The SMILES string of the molecule is Cc1ccc(C(C)(S)C(=O)NN)cc1. The van der Waals surface area contributed by atoms with Crippen LogP contribution < -0.4 is 11.3 Å². The molecule has 0 saturated heterocycles. The van der Waals surface area contributed by atoms with Gasteiger partial charge in [0, 0.05) is 0 Å². The molecule has 1 amide bonds. The molecule has 1 aromatic carbocycles. The predicted octanol–water partition coefficient (Wildman–Crippen LogP) is 1.13. The maximum absolute atomic E-state index is 11.4. The Kier molecular flexibility index (Phi) is 3.18. The number of nitrogens with one attached hydrogen (secondary N) is 1. The molecule has 0 aliphatic heterocycles. The van der Waals surface area contributed by atoms with E-state index in [1.54, 1.807) is 6.92 Å². The Morgan fingerprint density at radius 3 is 2.36 bits per heavy atom. The molecular weight excluding hydrogens is 196 g/mol. The molecule has 4 heteroatoms. The zero-order chi connectivity index (χ0) is 10.8. The van der Waals surface area contributed by atoms with E-state index in [1.807, 2.05) is 31.2 Å². The first kappa shape index (κ1) is 11.1. The number of hydrogen-bond donors (Lipinski definition) is 3. The van der Waals surface area contributed by atoms with Gasteiger partial charge in [-0.1, -0.05) is 29.8 Å². The third-order valence-corrected chi connectivity index (χ3v) is 2.65. The standard InChI is InChI=1S/C10H14N2OS/c1-7-3-5-8(6-4-7)10(2,14)9(13)12-11/h3-6,14H,11H2,1-2H3,(H,12,13). The van der Waals surface area contributed by atoms with Crippen molar-refractivity contribution >= 4 is 18.5 Å². The normalized spacial score (nSPS) is 14.6. The molecule has 0 bridgehead atoms. The van der Waals surface area contributed by atoms with Gasteiger partial charge in [-0.3, -0.25) is 10.2 Å². The van der Waals surface area contributed by atoms with Gasteiger partial charge in [-0.25, -0.2) is 5.84 Å². The summed E-state index contributed by atoms with van der Waals surface area (Å²) in [7, 11) is 0. The first-order valence-corrected chi connectivity index (χ1v) is 4.73. The van der Waals surface area contributed by atoms with Crippen LogP contribution in [0.15, 0.2) is 24.3 Å². The van der Waals surface area contributed by atoms with Gasteiger partial charge < -0.3 is 0 Å². The van der Waals surface area contributed by atoms with Gasteiger partial charge in [0.2, 0.25) is 0 Å². The van der Waals surface area contributed by atoms with Crippen LogP contribution in [0.2, 0.25) is 0 Å². The van der Waals surface area contributed by atoms with Crippen LogP contribution >= 0.6 is 12.6 Å². The van der Waals surface area contributed by atoms with Gasteiger partial charge >= 0.3 is 0 Å². The van der Waals surface area contributed by atoms with Crippen molar-refractivity contribution in [3.8, 4) is 0 Å². The van der Waals surface area contributed by atoms with E-state index in [0.29, 0.717) is 0 Å². The van der Waals surface area contributed by atoms with Crippen molar-refractivity contribution in [2.24, 2.45) is 5.84 Å². The summed E-state index contributed by atoms with van der Waals surface area (Å²) in [4.78, 5) is 11.4. The first-order valence-electron chi connectivity index (χ1n) is 4.29. The van der Waals surface area contributed by atoms with Crippen molar-refractivity contribution in [1.29, 1.82) is 0 Å². The lowest BCUT2D eigenvalue weighted by Crippen LogP contribution is -2.42. The molecule has 1 atom stereocenters. The van der Waals surface area contributed by atoms with Crippen LogP contribution in [0.1, 0.15) is 18.1 Å². The molecule has 14 heavy (non-hydrogen) atoms. The van der Waals surface area contributed by atoms with Crippen LogP contribution in [0, 0.1) is 6.92 Å². The van der Waals surface area contributed by atoms with E-state index in [2.05, 4.69) is 18.1 Å². The Labute approximate surface area is 89.1 Å². The van der Waals surface area contributed by atoms with Crippen LogP contribution in [0.3, 0.4) is 0 Å². The van der Waals surface area contributed by atoms with Gasteiger partial charge in [0.05, 0.1) is 0 Å². The lowest BCUT2D eigenvalue weighted by molar-refractivity contribution is -0.123. The number of carbonyl (C=O) groups is 1. The number of amides is 1. The van der Waals surface area contributed by atoms with E-state index >= 15 is 0 Å². The third kappa shape index (κ3) is 2.08. The minimum Gasteiger partial charge on any atom is -0.293 e. The summed E-state index contributed by atoms with van der Waals surface area (Å²) >= 11 is 4.29. The molecule has 0 radical (unpaired) electrons. The molecule has 0 fully saturated rings. The topological polar surface area (TPSA) is 55.1 Å². The average molecular weight is 210 g/mol. The predicted molar refractivity (Wildman–Crippen MR) is 59.8 cm³/mol. The number of carbonyl (C=O) groups excluding carboxylic acids is 1. The highest BCUT2D eigenvalue weighted by molar-refractivity contribution is 7.82. The smallest absolute Gasteiger partial charge is 0.254 e. The molecule has 3 nitrogen and oxygen atoms in total. The van der Waals surface area contributed by atoms with Crippen molar-refractivity contribution in [2.45, 2.75) is 18.6 Å². The van der Waals surface area contributed by atoms with Crippen molar-refractivity contribution < 1.29 is 4.79 Å². The lowest BCUT2D eigenvalue weighted by Gasteiger charge is -2.21. The van der Waals surface area contributed by atoms with E-state index < -0.39 is 4.75 Å². The monoisotopic (exact) mass is 210 g/mol. The molecular formula is C10H14N2OS. The number of nitrogens with two attached hydrogens (primary N) is 1. The van der Waals surface area contributed by atoms with Gasteiger partial charge in [-0.15, -0.1) is 0 Å². The maximum Gasteiger partial charge on any atom is 0.254 e. The van der Waals surface area contributed by atoms with Crippen molar-refractivity contribution in [3.63, 3.8) is 0 Å². The van der Waals surface area contributed by atoms with Crippen LogP contribution in [0.5, 0.6) is 0 Å². The second kappa shape index (κ2) is 4.02. The van der Waals surface area contributed by atoms with Crippen molar-refractivity contribution in [2.75, 3.05) is 0 Å². The summed E-state index contributed by atoms with van der Waals surface area (Å²) in [5.74, 6) is 4.76. The summed E-state index contributed by atoms with van der Waals surface area (Å²) in [5, 5.41) is 0. The van der Waals surface area contributed by atoms with E-state index in [9.17, 15) is 4.79 Å². The Hall–Kier alpha value is -1.00. The number of benzene rings is 1. The van der Waals surface area contributed by atoms with Crippen LogP contribution in [0.25, 0.3) is 0 Å². The molecule has 76 valence electrons. The summed E-state index contributed by atoms with van der Waals surface area (Å²) in [6, 6.07) is 7.62. The van der Waals surface area contributed by atoms with E-state index in [1.165, 1.54) is 0 Å². The highest BCUT2D eigenvalue weighted by Gasteiger charge is 2.30. The van der Waals surface area contributed by atoms with Gasteiger partial charge in [-0.05, 0) is 19.4 Å². The number of hydrazine groups is 1. The zero-order valence-corrected chi connectivity index (χ0v) is 9.14. The quantitative estimate of drug-likeness (QED) is 0.297. The molecule has 0 saturated carbocycles. The summed E-state index contributed by atoms with van der Waals surface area (Å²) in [5.41, 5.74) is 4.08. The highest BCUT2D eigenvalue weighted by Crippen LogP contribution is 2.27. The molecule has 1 unspecified atom stereocenters. The number of rotatable bonds is 2. The minimum absolute atomic E-state index is 0.315. The summed E-state index contributed by atoms with van der Waals surface area (Å²) in [6.07, 6.45) is 0. The van der Waals surface area contributed by atoms with E-state index in [0.717, 1.165) is 11.1 Å². The van der Waals surface area contributed by atoms with Gasteiger partial charge in [0.15, 0.2) is 0 Å². The largest absolute Gasteiger partial charge is 0.293 e. The molecule has 1 rings (SSSR count). The summed E-state index contributed by atoms with van der Waals surface area (Å²) < 4.78 is -0.886. The van der Waals surface area contributed by atoms with Crippen LogP contribution in [0.4, 0.5) is 0 Å². The molecule has 0 heterocycles. The van der Waals surface area contributed by atoms with Gasteiger partial charge in [-0.2, -0.15) is 12.6 Å². The van der Waals surface area contributed by atoms with Crippen LogP contribution in [-0.4, -0.2) is 5.91 Å². The van der Waals surface area contributed by atoms with Crippen molar-refractivity contribution in [1.82, 2.24) is 5.43 Å². The van der Waals surface area contributed by atoms with E-state index in [4.69, 9.17) is 5.84 Å². The molecule has 0 aliphatic carbocycles. The van der Waals surface area contributed by atoms with E-state index in [-0.39, 0.29) is 5.91 Å². The Balaban J connectivity index is 3.03. The van der Waals surface area contributed by atoms with Gasteiger partial charge in [0.1, 0.15) is 4.75 Å². The van der Waals surface area contributed by atoms with Crippen molar-refractivity contribution in [3.05, 3.63) is 35.4 Å². The minimum atomic E-state index is -0.886. The second-order valence-electron chi connectivity index (χ2n) is 3.41. The third-order valence-electron chi connectivity index (χ3n) is 2.19. The first-order chi connectivity index (χ1) is 6.48. The molecule has 0 aromatic heterocycles. The second-order valence-corrected chi connectivity index (χ2v) is 4.31. The highest BCUT2D eigenvalue weighted by atomic mass is 32.1. The zero-order valence-electron chi connectivity index (χ0n) is 8.24. The van der Waals surface area contributed by atoms with Crippen LogP contribution in [-0.2, 0) is 9.54 Å². The summed E-state index contributed by atoms with van der Waals surface area (Å²) in [6.45, 7) is 3.70. The number of thiol groups is 1. The fraction of sp³-hybridized carbons (Fsp3) is 0.300. The molecule has 0 spiro atoms.